The highest BCUT2D eigenvalue weighted by Gasteiger charge is 2.53. The lowest BCUT2D eigenvalue weighted by atomic mass is 9.75. The fourth-order valence-electron chi connectivity index (χ4n) is 4.91. The SMILES string of the molecule is NC(=O)c1c(NC(=O)C2CC(=O)OC23CCCCC3)sc2c1CCCCC2. The number of thiophene rings is 1. The molecule has 1 saturated heterocycles. The number of fused-ring (bicyclic) bond motifs is 1. The quantitative estimate of drug-likeness (QED) is 0.611. The van der Waals surface area contributed by atoms with Crippen LogP contribution in [0, 0.1) is 5.92 Å². The highest BCUT2D eigenvalue weighted by molar-refractivity contribution is 7.17. The molecule has 3 aliphatic rings. The number of aryl methyl sites for hydroxylation is 1. The largest absolute Gasteiger partial charge is 0.458 e. The van der Waals surface area contributed by atoms with Gasteiger partial charge < -0.3 is 15.8 Å². The van der Waals surface area contributed by atoms with E-state index in [9.17, 15) is 14.4 Å². The van der Waals surface area contributed by atoms with Crippen LogP contribution in [0.4, 0.5) is 5.00 Å². The molecule has 1 saturated carbocycles. The predicted octanol–water partition coefficient (Wildman–Crippen LogP) is 3.32. The highest BCUT2D eigenvalue weighted by atomic mass is 32.1. The van der Waals surface area contributed by atoms with Gasteiger partial charge in [0.25, 0.3) is 5.91 Å². The molecule has 0 bridgehead atoms. The van der Waals surface area contributed by atoms with Crippen molar-refractivity contribution in [3.05, 3.63) is 16.0 Å². The molecule has 2 fully saturated rings. The zero-order valence-corrected chi connectivity index (χ0v) is 16.3. The van der Waals surface area contributed by atoms with E-state index in [1.807, 2.05) is 0 Å². The van der Waals surface area contributed by atoms with E-state index in [1.54, 1.807) is 0 Å². The number of esters is 1. The molecule has 1 spiro atoms. The van der Waals surface area contributed by atoms with E-state index in [-0.39, 0.29) is 18.3 Å². The third kappa shape index (κ3) is 3.37. The number of carbonyl (C=O) groups is 3. The molecule has 1 atom stereocenters. The minimum Gasteiger partial charge on any atom is -0.458 e. The maximum atomic E-state index is 13.1. The second-order valence-corrected chi connectivity index (χ2v) is 9.08. The van der Waals surface area contributed by atoms with Gasteiger partial charge in [-0.1, -0.05) is 12.8 Å². The zero-order chi connectivity index (χ0) is 19.0. The third-order valence-corrected chi connectivity index (χ3v) is 7.45. The van der Waals surface area contributed by atoms with Gasteiger partial charge in [-0.25, -0.2) is 0 Å². The van der Waals surface area contributed by atoms with Crippen LogP contribution in [-0.2, 0) is 27.2 Å². The summed E-state index contributed by atoms with van der Waals surface area (Å²) in [5, 5.41) is 3.50. The third-order valence-electron chi connectivity index (χ3n) is 6.24. The van der Waals surface area contributed by atoms with Crippen molar-refractivity contribution in [3.63, 3.8) is 0 Å². The predicted molar refractivity (Wildman–Crippen MR) is 103 cm³/mol. The number of carbonyl (C=O) groups excluding carboxylic acids is 3. The first-order valence-corrected chi connectivity index (χ1v) is 10.8. The monoisotopic (exact) mass is 390 g/mol. The number of ether oxygens (including phenoxy) is 1. The molecule has 2 amide bonds. The fourth-order valence-corrected chi connectivity index (χ4v) is 6.21. The number of rotatable bonds is 3. The second-order valence-electron chi connectivity index (χ2n) is 7.98. The average Bonchev–Trinajstić information content (AvgIpc) is 3.03. The normalized spacial score (nSPS) is 24.1. The van der Waals surface area contributed by atoms with E-state index in [0.29, 0.717) is 10.6 Å². The first kappa shape index (κ1) is 18.5. The Labute approximate surface area is 162 Å². The standard InChI is InChI=1S/C20H26N2O4S/c21-17(24)16-12-7-3-1-4-8-14(12)27-19(16)22-18(25)13-11-15(23)26-20(13)9-5-2-6-10-20/h13H,1-11H2,(H2,21,24)(H,22,25). The van der Waals surface area contributed by atoms with Crippen LogP contribution in [-0.4, -0.2) is 23.4 Å². The van der Waals surface area contributed by atoms with Gasteiger partial charge in [0, 0.05) is 4.88 Å². The van der Waals surface area contributed by atoms with E-state index in [1.165, 1.54) is 11.3 Å². The Bertz CT molecular complexity index is 779. The van der Waals surface area contributed by atoms with Crippen molar-refractivity contribution in [2.24, 2.45) is 11.7 Å². The van der Waals surface area contributed by atoms with Gasteiger partial charge in [-0.05, 0) is 56.9 Å². The van der Waals surface area contributed by atoms with Crippen LogP contribution in [0.3, 0.4) is 0 Å². The molecule has 0 radical (unpaired) electrons. The van der Waals surface area contributed by atoms with Gasteiger partial charge in [0.2, 0.25) is 5.91 Å². The van der Waals surface area contributed by atoms with Gasteiger partial charge in [0.1, 0.15) is 10.6 Å². The molecule has 146 valence electrons. The number of nitrogens with two attached hydrogens (primary N) is 1. The first-order valence-electron chi connectivity index (χ1n) is 9.97. The molecule has 6 nitrogen and oxygen atoms in total. The van der Waals surface area contributed by atoms with Crippen molar-refractivity contribution in [2.75, 3.05) is 5.32 Å². The van der Waals surface area contributed by atoms with Crippen molar-refractivity contribution in [1.82, 2.24) is 0 Å². The lowest BCUT2D eigenvalue weighted by Gasteiger charge is -2.35. The molecule has 2 heterocycles. The van der Waals surface area contributed by atoms with E-state index in [2.05, 4.69) is 5.32 Å². The molecule has 3 N–H and O–H groups in total. The van der Waals surface area contributed by atoms with Crippen LogP contribution in [0.5, 0.6) is 0 Å². The summed E-state index contributed by atoms with van der Waals surface area (Å²) in [5.74, 6) is -1.50. The van der Waals surface area contributed by atoms with Crippen molar-refractivity contribution in [2.45, 2.75) is 76.2 Å². The summed E-state index contributed by atoms with van der Waals surface area (Å²) in [6, 6.07) is 0. The minimum absolute atomic E-state index is 0.114. The Morgan fingerprint density at radius 2 is 1.78 bits per heavy atom. The van der Waals surface area contributed by atoms with Crippen molar-refractivity contribution in [1.29, 1.82) is 0 Å². The highest BCUT2D eigenvalue weighted by Crippen LogP contribution is 2.45. The molecule has 4 rings (SSSR count). The Kier molecular flexibility index (Phi) is 4.97. The Hall–Kier alpha value is -1.89. The van der Waals surface area contributed by atoms with Crippen LogP contribution in [0.2, 0.25) is 0 Å². The summed E-state index contributed by atoms with van der Waals surface area (Å²) in [6.45, 7) is 0. The Balaban J connectivity index is 1.61. The lowest BCUT2D eigenvalue weighted by molar-refractivity contribution is -0.153. The maximum absolute atomic E-state index is 13.1. The molecule has 1 aromatic rings. The van der Waals surface area contributed by atoms with E-state index >= 15 is 0 Å². The van der Waals surface area contributed by atoms with E-state index < -0.39 is 17.4 Å². The minimum atomic E-state index is -0.666. The smallest absolute Gasteiger partial charge is 0.307 e. The molecule has 27 heavy (non-hydrogen) atoms. The molecule has 1 aromatic heterocycles. The topological polar surface area (TPSA) is 98.5 Å². The van der Waals surface area contributed by atoms with Gasteiger partial charge in [-0.2, -0.15) is 0 Å². The maximum Gasteiger partial charge on any atom is 0.307 e. The van der Waals surface area contributed by atoms with Crippen LogP contribution in [0.25, 0.3) is 0 Å². The van der Waals surface area contributed by atoms with E-state index in [0.717, 1.165) is 74.6 Å². The average molecular weight is 391 g/mol. The lowest BCUT2D eigenvalue weighted by Crippen LogP contribution is -2.43. The Morgan fingerprint density at radius 3 is 2.52 bits per heavy atom. The van der Waals surface area contributed by atoms with Crippen LogP contribution < -0.4 is 11.1 Å². The summed E-state index contributed by atoms with van der Waals surface area (Å²) in [4.78, 5) is 38.4. The molecule has 1 aliphatic heterocycles. The first-order chi connectivity index (χ1) is 13.0. The van der Waals surface area contributed by atoms with Crippen LogP contribution in [0.15, 0.2) is 0 Å². The molecule has 0 aromatic carbocycles. The number of hydrogen-bond acceptors (Lipinski definition) is 5. The van der Waals surface area contributed by atoms with Crippen molar-refractivity contribution >= 4 is 34.1 Å². The summed E-state index contributed by atoms with van der Waals surface area (Å²) in [6.07, 6.45) is 9.65. The van der Waals surface area contributed by atoms with Crippen LogP contribution in [0.1, 0.15) is 78.6 Å². The van der Waals surface area contributed by atoms with Crippen molar-refractivity contribution in [3.8, 4) is 0 Å². The number of amides is 2. The number of hydrogen-bond donors (Lipinski definition) is 2. The van der Waals surface area contributed by atoms with Gasteiger partial charge in [0.05, 0.1) is 17.9 Å². The van der Waals surface area contributed by atoms with Crippen LogP contribution >= 0.6 is 11.3 Å². The molecular weight excluding hydrogens is 364 g/mol. The van der Waals surface area contributed by atoms with Gasteiger partial charge >= 0.3 is 5.97 Å². The zero-order valence-electron chi connectivity index (χ0n) is 15.5. The van der Waals surface area contributed by atoms with Gasteiger partial charge in [0.15, 0.2) is 0 Å². The summed E-state index contributed by atoms with van der Waals surface area (Å²) >= 11 is 1.47. The van der Waals surface area contributed by atoms with Crippen molar-refractivity contribution < 1.29 is 19.1 Å². The molecule has 1 unspecified atom stereocenters. The summed E-state index contributed by atoms with van der Waals surface area (Å²) in [7, 11) is 0. The summed E-state index contributed by atoms with van der Waals surface area (Å²) < 4.78 is 5.65. The van der Waals surface area contributed by atoms with E-state index in [4.69, 9.17) is 10.5 Å². The fraction of sp³-hybridized carbons (Fsp3) is 0.650. The number of nitrogens with one attached hydrogen (secondary N) is 1. The van der Waals surface area contributed by atoms with Gasteiger partial charge in [-0.3, -0.25) is 14.4 Å². The summed E-state index contributed by atoms with van der Waals surface area (Å²) in [5.41, 5.74) is 6.47. The number of primary amides is 1. The molecular formula is C20H26N2O4S. The van der Waals surface area contributed by atoms with Gasteiger partial charge in [-0.15, -0.1) is 11.3 Å². The number of anilines is 1. The second kappa shape index (κ2) is 7.26. The Morgan fingerprint density at radius 1 is 1.07 bits per heavy atom. The molecule has 2 aliphatic carbocycles. The molecule has 7 heteroatoms.